The molecule has 0 aromatic heterocycles. The van der Waals surface area contributed by atoms with Gasteiger partial charge in [0.15, 0.2) is 6.61 Å². The van der Waals surface area contributed by atoms with E-state index in [1.54, 1.807) is 6.92 Å². The van der Waals surface area contributed by atoms with Gasteiger partial charge in [0, 0.05) is 13.1 Å². The fraction of sp³-hybridized carbons (Fsp3) is 0.364. The Hall–Kier alpha value is -2.89. The first-order valence-corrected chi connectivity index (χ1v) is 9.50. The molecule has 1 N–H and O–H groups in total. The van der Waals surface area contributed by atoms with Gasteiger partial charge in [-0.15, -0.1) is 0 Å². The summed E-state index contributed by atoms with van der Waals surface area (Å²) in [4.78, 5) is 26.7. The summed E-state index contributed by atoms with van der Waals surface area (Å²) in [6.07, 6.45) is 1.46. The van der Waals surface area contributed by atoms with Gasteiger partial charge in [0.2, 0.25) is 5.91 Å². The first kappa shape index (κ1) is 21.4. The summed E-state index contributed by atoms with van der Waals surface area (Å²) in [5.74, 6) is -0.449. The molecule has 2 rings (SSSR count). The summed E-state index contributed by atoms with van der Waals surface area (Å²) < 4.78 is 18.5. The zero-order valence-electron chi connectivity index (χ0n) is 16.4. The minimum absolute atomic E-state index is 0.190. The van der Waals surface area contributed by atoms with Crippen LogP contribution < -0.4 is 10.1 Å². The molecule has 1 atom stereocenters. The predicted molar refractivity (Wildman–Crippen MR) is 107 cm³/mol. The topological polar surface area (TPSA) is 58.6 Å². The molecule has 2 aromatic carbocycles. The number of carbonyl (C=O) groups is 2. The second-order valence-corrected chi connectivity index (χ2v) is 6.53. The Labute approximate surface area is 165 Å². The van der Waals surface area contributed by atoms with Crippen LogP contribution in [0.15, 0.2) is 54.6 Å². The van der Waals surface area contributed by atoms with Gasteiger partial charge in [0.1, 0.15) is 17.6 Å². The summed E-state index contributed by atoms with van der Waals surface area (Å²) in [6.45, 7) is 4.43. The van der Waals surface area contributed by atoms with E-state index in [2.05, 4.69) is 5.32 Å². The van der Waals surface area contributed by atoms with Crippen molar-refractivity contribution in [2.24, 2.45) is 0 Å². The molecule has 0 aliphatic heterocycles. The molecule has 0 aliphatic carbocycles. The lowest BCUT2D eigenvalue weighted by atomic mass is 10.1. The molecule has 150 valence electrons. The van der Waals surface area contributed by atoms with E-state index < -0.39 is 6.04 Å². The lowest BCUT2D eigenvalue weighted by molar-refractivity contribution is -0.141. The molecule has 0 saturated heterocycles. The van der Waals surface area contributed by atoms with Crippen LogP contribution in [0.2, 0.25) is 0 Å². The highest BCUT2D eigenvalue weighted by Crippen LogP contribution is 2.12. The molecular formula is C22H27FN2O3. The minimum Gasteiger partial charge on any atom is -0.484 e. The number of ether oxygens (including phenoxy) is 1. The second-order valence-electron chi connectivity index (χ2n) is 6.53. The van der Waals surface area contributed by atoms with Crippen molar-refractivity contribution < 1.29 is 18.7 Å². The van der Waals surface area contributed by atoms with Gasteiger partial charge in [-0.25, -0.2) is 4.39 Å². The van der Waals surface area contributed by atoms with Gasteiger partial charge in [-0.3, -0.25) is 9.59 Å². The van der Waals surface area contributed by atoms with Crippen molar-refractivity contribution >= 4 is 11.8 Å². The van der Waals surface area contributed by atoms with E-state index in [0.29, 0.717) is 25.3 Å². The fourth-order valence-electron chi connectivity index (χ4n) is 2.72. The standard InChI is InChI=1S/C22H27FN2O3/c1-3-14-24-22(27)17(2)25(15-13-18-7-5-4-6-8-18)21(26)16-28-20-11-9-19(23)10-12-20/h4-12,17H,3,13-16H2,1-2H3,(H,24,27)/t17-/m0/s1. The number of halogens is 1. The molecule has 2 aromatic rings. The zero-order valence-corrected chi connectivity index (χ0v) is 16.4. The van der Waals surface area contributed by atoms with E-state index >= 15 is 0 Å². The Bertz CT molecular complexity index is 750. The Morgan fingerprint density at radius 1 is 1.11 bits per heavy atom. The monoisotopic (exact) mass is 386 g/mol. The predicted octanol–water partition coefficient (Wildman–Crippen LogP) is 3.19. The van der Waals surface area contributed by atoms with Crippen LogP contribution in [0.25, 0.3) is 0 Å². The number of nitrogens with zero attached hydrogens (tertiary/aromatic N) is 1. The van der Waals surface area contributed by atoms with Crippen LogP contribution in [0, 0.1) is 5.82 Å². The molecule has 0 spiro atoms. The number of benzene rings is 2. The van der Waals surface area contributed by atoms with Crippen LogP contribution in [-0.2, 0) is 16.0 Å². The molecule has 0 unspecified atom stereocenters. The summed E-state index contributed by atoms with van der Waals surface area (Å²) in [7, 11) is 0. The third-order valence-corrected chi connectivity index (χ3v) is 4.38. The average Bonchev–Trinajstić information content (AvgIpc) is 2.72. The summed E-state index contributed by atoms with van der Waals surface area (Å²) in [5.41, 5.74) is 1.08. The maximum absolute atomic E-state index is 13.0. The molecule has 0 radical (unpaired) electrons. The summed E-state index contributed by atoms with van der Waals surface area (Å²) in [6, 6.07) is 14.7. The fourth-order valence-corrected chi connectivity index (χ4v) is 2.72. The van der Waals surface area contributed by atoms with E-state index in [1.165, 1.54) is 29.2 Å². The molecule has 0 heterocycles. The molecule has 5 nitrogen and oxygen atoms in total. The number of amides is 2. The normalized spacial score (nSPS) is 11.5. The van der Waals surface area contributed by atoms with Crippen molar-refractivity contribution in [1.29, 1.82) is 0 Å². The van der Waals surface area contributed by atoms with Crippen LogP contribution in [-0.4, -0.2) is 42.5 Å². The lowest BCUT2D eigenvalue weighted by Gasteiger charge is -2.28. The largest absolute Gasteiger partial charge is 0.484 e. The quantitative estimate of drug-likeness (QED) is 0.682. The molecule has 0 aliphatic rings. The van der Waals surface area contributed by atoms with Gasteiger partial charge in [-0.1, -0.05) is 37.3 Å². The van der Waals surface area contributed by atoms with Crippen LogP contribution in [0.5, 0.6) is 5.75 Å². The zero-order chi connectivity index (χ0) is 20.4. The Morgan fingerprint density at radius 2 is 1.79 bits per heavy atom. The van der Waals surface area contributed by atoms with Gasteiger partial charge in [-0.2, -0.15) is 0 Å². The molecule has 0 fully saturated rings. The van der Waals surface area contributed by atoms with E-state index in [1.807, 2.05) is 37.3 Å². The highest BCUT2D eigenvalue weighted by molar-refractivity contribution is 5.87. The van der Waals surface area contributed by atoms with Crippen molar-refractivity contribution in [3.63, 3.8) is 0 Å². The van der Waals surface area contributed by atoms with E-state index in [0.717, 1.165) is 12.0 Å². The van der Waals surface area contributed by atoms with Gasteiger partial charge < -0.3 is 15.0 Å². The third-order valence-electron chi connectivity index (χ3n) is 4.38. The number of hydrogen-bond acceptors (Lipinski definition) is 3. The number of carbonyl (C=O) groups excluding carboxylic acids is 2. The Kier molecular flexibility index (Phi) is 8.46. The molecule has 0 bridgehead atoms. The first-order chi connectivity index (χ1) is 13.5. The number of nitrogens with one attached hydrogen (secondary N) is 1. The number of rotatable bonds is 10. The summed E-state index contributed by atoms with van der Waals surface area (Å²) in [5, 5.41) is 2.83. The highest BCUT2D eigenvalue weighted by Gasteiger charge is 2.25. The van der Waals surface area contributed by atoms with Crippen molar-refractivity contribution in [3.8, 4) is 5.75 Å². The third kappa shape index (κ3) is 6.68. The maximum Gasteiger partial charge on any atom is 0.261 e. The molecule has 28 heavy (non-hydrogen) atoms. The van der Waals surface area contributed by atoms with Crippen LogP contribution in [0.4, 0.5) is 4.39 Å². The minimum atomic E-state index is -0.611. The Morgan fingerprint density at radius 3 is 2.43 bits per heavy atom. The van der Waals surface area contributed by atoms with Gasteiger partial charge >= 0.3 is 0 Å². The van der Waals surface area contributed by atoms with Crippen molar-refractivity contribution in [1.82, 2.24) is 10.2 Å². The van der Waals surface area contributed by atoms with Crippen LogP contribution in [0.3, 0.4) is 0 Å². The van der Waals surface area contributed by atoms with Crippen molar-refractivity contribution in [2.75, 3.05) is 19.7 Å². The Balaban J connectivity index is 2.03. The maximum atomic E-state index is 13.0. The molecule has 0 saturated carbocycles. The van der Waals surface area contributed by atoms with Gasteiger partial charge in [-0.05, 0) is 49.6 Å². The van der Waals surface area contributed by atoms with E-state index in [-0.39, 0.29) is 24.2 Å². The SMILES string of the molecule is CCCNC(=O)[C@H](C)N(CCc1ccccc1)C(=O)COc1ccc(F)cc1. The molecular weight excluding hydrogens is 359 g/mol. The highest BCUT2D eigenvalue weighted by atomic mass is 19.1. The van der Waals surface area contributed by atoms with Gasteiger partial charge in [0.05, 0.1) is 0 Å². The smallest absolute Gasteiger partial charge is 0.261 e. The van der Waals surface area contributed by atoms with Crippen molar-refractivity contribution in [3.05, 3.63) is 66.0 Å². The second kappa shape index (κ2) is 11.1. The molecule has 2 amide bonds. The van der Waals surface area contributed by atoms with Crippen LogP contribution >= 0.6 is 0 Å². The van der Waals surface area contributed by atoms with Crippen LogP contribution in [0.1, 0.15) is 25.8 Å². The van der Waals surface area contributed by atoms with Gasteiger partial charge in [0.25, 0.3) is 5.91 Å². The van der Waals surface area contributed by atoms with E-state index in [4.69, 9.17) is 4.74 Å². The average molecular weight is 386 g/mol. The first-order valence-electron chi connectivity index (χ1n) is 9.50. The molecule has 6 heteroatoms. The number of hydrogen-bond donors (Lipinski definition) is 1. The van der Waals surface area contributed by atoms with Crippen molar-refractivity contribution in [2.45, 2.75) is 32.7 Å². The lowest BCUT2D eigenvalue weighted by Crippen LogP contribution is -2.50. The van der Waals surface area contributed by atoms with E-state index in [9.17, 15) is 14.0 Å². The summed E-state index contributed by atoms with van der Waals surface area (Å²) >= 11 is 0.